The molecule has 0 radical (unpaired) electrons. The molecule has 0 aromatic heterocycles. The highest BCUT2D eigenvalue weighted by Crippen LogP contribution is 2.48. The Morgan fingerprint density at radius 3 is 1.26 bits per heavy atom. The summed E-state index contributed by atoms with van der Waals surface area (Å²) >= 11 is 0. The molecule has 2 rings (SSSR count). The van der Waals surface area contributed by atoms with Gasteiger partial charge >= 0.3 is 11.9 Å². The fraction of sp³-hybridized carbons (Fsp3) is 0.300. The van der Waals surface area contributed by atoms with Crippen molar-refractivity contribution < 1.29 is 33.0 Å². The molecule has 0 atom stereocenters. The molecule has 0 spiro atoms. The molecule has 0 aliphatic rings. The maximum absolute atomic E-state index is 13.9. The van der Waals surface area contributed by atoms with E-state index in [0.29, 0.717) is 11.1 Å². The lowest BCUT2D eigenvalue weighted by Crippen LogP contribution is -2.49. The van der Waals surface area contributed by atoms with Crippen molar-refractivity contribution in [2.45, 2.75) is 12.3 Å². The van der Waals surface area contributed by atoms with E-state index >= 15 is 0 Å². The van der Waals surface area contributed by atoms with Crippen molar-refractivity contribution in [2.75, 3.05) is 20.0 Å². The summed E-state index contributed by atoms with van der Waals surface area (Å²) in [4.78, 5) is 22.1. The summed E-state index contributed by atoms with van der Waals surface area (Å²) in [5, 5.41) is 18.1. The van der Waals surface area contributed by atoms with E-state index in [2.05, 4.69) is 0 Å². The maximum atomic E-state index is 13.9. The van der Waals surface area contributed by atoms with E-state index < -0.39 is 42.8 Å². The van der Waals surface area contributed by atoms with Crippen LogP contribution in [0, 0.1) is 5.41 Å². The van der Waals surface area contributed by atoms with Gasteiger partial charge in [-0.05, 0) is 35.4 Å². The van der Waals surface area contributed by atoms with Crippen LogP contribution in [0.15, 0.2) is 48.5 Å². The summed E-state index contributed by atoms with van der Waals surface area (Å²) in [7, 11) is 0. The lowest BCUT2D eigenvalue weighted by atomic mass is 9.59. The Morgan fingerprint density at radius 2 is 1.04 bits per heavy atom. The highest BCUT2D eigenvalue weighted by molar-refractivity contribution is 5.88. The van der Waals surface area contributed by atoms with Crippen molar-refractivity contribution in [3.05, 3.63) is 70.8 Å². The Bertz CT molecular complexity index is 746. The molecule has 2 aromatic carbocycles. The van der Waals surface area contributed by atoms with E-state index in [1.54, 1.807) is 0 Å². The molecule has 0 bridgehead atoms. The van der Waals surface area contributed by atoms with E-state index in [0.717, 1.165) is 0 Å². The van der Waals surface area contributed by atoms with Crippen LogP contribution in [-0.4, -0.2) is 42.2 Å². The average Bonchev–Trinajstić information content (AvgIpc) is 2.69. The highest BCUT2D eigenvalue weighted by atomic mass is 19.1. The van der Waals surface area contributed by atoms with Crippen LogP contribution in [0.5, 0.6) is 0 Å². The fourth-order valence-corrected chi connectivity index (χ4v) is 3.18. The second-order valence-corrected chi connectivity index (χ2v) is 6.57. The van der Waals surface area contributed by atoms with E-state index in [1.165, 1.54) is 55.5 Å². The van der Waals surface area contributed by atoms with Gasteiger partial charge in [0.15, 0.2) is 0 Å². The normalized spacial score (nSPS) is 12.0. The largest absolute Gasteiger partial charge is 0.478 e. The van der Waals surface area contributed by atoms with Crippen molar-refractivity contribution in [3.63, 3.8) is 0 Å². The van der Waals surface area contributed by atoms with Gasteiger partial charge in [0, 0.05) is 5.41 Å². The number of halogens is 3. The first-order chi connectivity index (χ1) is 12.8. The van der Waals surface area contributed by atoms with E-state index in [9.17, 15) is 22.8 Å². The monoisotopic (exact) mass is 380 g/mol. The number of hydrogen-bond acceptors (Lipinski definition) is 2. The number of carboxylic acid groups (broad SMARTS) is 2. The molecule has 2 N–H and O–H groups in total. The van der Waals surface area contributed by atoms with Gasteiger partial charge in [0.2, 0.25) is 0 Å². The molecular formula is C20H19F3O4. The van der Waals surface area contributed by atoms with Crippen LogP contribution in [0.4, 0.5) is 13.2 Å². The molecule has 27 heavy (non-hydrogen) atoms. The van der Waals surface area contributed by atoms with Crippen LogP contribution in [0.1, 0.15) is 38.8 Å². The van der Waals surface area contributed by atoms with Crippen molar-refractivity contribution in [2.24, 2.45) is 5.41 Å². The molecule has 0 saturated carbocycles. The van der Waals surface area contributed by atoms with E-state index in [1.807, 2.05) is 0 Å². The summed E-state index contributed by atoms with van der Waals surface area (Å²) < 4.78 is 41.8. The zero-order chi connectivity index (χ0) is 20.2. The van der Waals surface area contributed by atoms with Crippen molar-refractivity contribution >= 4 is 11.9 Å². The summed E-state index contributed by atoms with van der Waals surface area (Å²) in [5.41, 5.74) is -2.93. The fourth-order valence-electron chi connectivity index (χ4n) is 3.18. The second-order valence-electron chi connectivity index (χ2n) is 6.57. The van der Waals surface area contributed by atoms with Crippen LogP contribution in [0.2, 0.25) is 0 Å². The van der Waals surface area contributed by atoms with Crippen molar-refractivity contribution in [3.8, 4) is 0 Å². The lowest BCUT2D eigenvalue weighted by molar-refractivity contribution is 0.0484. The standard InChI is InChI=1S/C20H19F3O4/c1-19(20(10-21,11-22)12-23,15-6-2-13(3-7-15)17(24)25)16-8-4-14(5-9-16)18(26)27/h2-9H,10-12H2,1H3,(H,24,25)(H,26,27). The van der Waals surface area contributed by atoms with Gasteiger partial charge in [-0.3, -0.25) is 13.2 Å². The number of aromatic carboxylic acids is 2. The quantitative estimate of drug-likeness (QED) is 0.717. The first kappa shape index (κ1) is 20.5. The van der Waals surface area contributed by atoms with E-state index in [-0.39, 0.29) is 11.1 Å². The Labute approximate surface area is 154 Å². The van der Waals surface area contributed by atoms with Crippen LogP contribution < -0.4 is 0 Å². The molecule has 2 aromatic rings. The number of carboxylic acids is 2. The predicted molar refractivity (Wildman–Crippen MR) is 93.6 cm³/mol. The minimum atomic E-state index is -2.04. The zero-order valence-corrected chi connectivity index (χ0v) is 14.6. The number of benzene rings is 2. The van der Waals surface area contributed by atoms with E-state index in [4.69, 9.17) is 10.2 Å². The average molecular weight is 380 g/mol. The van der Waals surface area contributed by atoms with Gasteiger partial charge in [-0.2, -0.15) is 0 Å². The molecule has 0 fully saturated rings. The van der Waals surface area contributed by atoms with Crippen LogP contribution in [-0.2, 0) is 5.41 Å². The Balaban J connectivity index is 2.71. The van der Waals surface area contributed by atoms with Gasteiger partial charge in [-0.1, -0.05) is 31.2 Å². The third kappa shape index (κ3) is 3.41. The van der Waals surface area contributed by atoms with Crippen LogP contribution in [0.3, 0.4) is 0 Å². The van der Waals surface area contributed by atoms with Gasteiger partial charge in [0.05, 0.1) is 16.5 Å². The summed E-state index contributed by atoms with van der Waals surface area (Å²) in [6.45, 7) is -2.41. The lowest BCUT2D eigenvalue weighted by Gasteiger charge is -2.45. The first-order valence-corrected chi connectivity index (χ1v) is 8.11. The summed E-state index contributed by atoms with van der Waals surface area (Å²) in [6, 6.07) is 10.7. The molecular weight excluding hydrogens is 361 g/mol. The van der Waals surface area contributed by atoms with Crippen LogP contribution in [0.25, 0.3) is 0 Å². The number of carbonyl (C=O) groups is 2. The second kappa shape index (κ2) is 7.82. The first-order valence-electron chi connectivity index (χ1n) is 8.11. The molecule has 0 aliphatic carbocycles. The summed E-state index contributed by atoms with van der Waals surface area (Å²) in [5.74, 6) is -2.33. The SMILES string of the molecule is CC(c1ccc(C(=O)O)cc1)(c1ccc(C(=O)O)cc1)C(CF)(CF)CF. The maximum Gasteiger partial charge on any atom is 0.335 e. The number of alkyl halides is 3. The minimum Gasteiger partial charge on any atom is -0.478 e. The molecule has 0 amide bonds. The molecule has 0 heterocycles. The molecule has 0 saturated heterocycles. The smallest absolute Gasteiger partial charge is 0.335 e. The molecule has 0 unspecified atom stereocenters. The van der Waals surface area contributed by atoms with Crippen molar-refractivity contribution in [1.82, 2.24) is 0 Å². The third-order valence-corrected chi connectivity index (χ3v) is 5.25. The van der Waals surface area contributed by atoms with Gasteiger partial charge < -0.3 is 10.2 Å². The van der Waals surface area contributed by atoms with Gasteiger partial charge in [0.1, 0.15) is 20.0 Å². The van der Waals surface area contributed by atoms with Gasteiger partial charge in [-0.25, -0.2) is 9.59 Å². The molecule has 0 aliphatic heterocycles. The zero-order valence-electron chi connectivity index (χ0n) is 14.6. The summed E-state index contributed by atoms with van der Waals surface area (Å²) in [6.07, 6.45) is 0. The molecule has 4 nitrogen and oxygen atoms in total. The van der Waals surface area contributed by atoms with Gasteiger partial charge in [-0.15, -0.1) is 0 Å². The van der Waals surface area contributed by atoms with Crippen molar-refractivity contribution in [1.29, 1.82) is 0 Å². The molecule has 144 valence electrons. The van der Waals surface area contributed by atoms with Crippen LogP contribution >= 0.6 is 0 Å². The Kier molecular flexibility index (Phi) is 5.93. The Hall–Kier alpha value is -2.83. The number of rotatable bonds is 8. The minimum absolute atomic E-state index is 0.0197. The highest BCUT2D eigenvalue weighted by Gasteiger charge is 2.51. The molecule has 7 heteroatoms. The topological polar surface area (TPSA) is 74.6 Å². The predicted octanol–water partition coefficient (Wildman–Crippen LogP) is 4.28. The third-order valence-electron chi connectivity index (χ3n) is 5.25. The number of hydrogen-bond donors (Lipinski definition) is 2. The Morgan fingerprint density at radius 1 is 0.741 bits per heavy atom. The van der Waals surface area contributed by atoms with Gasteiger partial charge in [0.25, 0.3) is 0 Å².